The molecule has 1 atom stereocenters. The highest BCUT2D eigenvalue weighted by Gasteiger charge is 2.17. The molecule has 2 rings (SSSR count). The molecule has 22 heavy (non-hydrogen) atoms. The molecule has 0 saturated carbocycles. The first kappa shape index (κ1) is 16.2. The number of nitrogens with one attached hydrogen (secondary N) is 1. The number of rotatable bonds is 6. The van der Waals surface area contributed by atoms with Gasteiger partial charge in [-0.1, -0.05) is 24.3 Å². The van der Waals surface area contributed by atoms with Gasteiger partial charge in [-0.15, -0.1) is 0 Å². The van der Waals surface area contributed by atoms with Gasteiger partial charge >= 0.3 is 0 Å². The van der Waals surface area contributed by atoms with Gasteiger partial charge in [-0.25, -0.2) is 0 Å². The molecule has 1 aromatic heterocycles. The molecule has 1 heterocycles. The van der Waals surface area contributed by atoms with Crippen LogP contribution in [0.2, 0.25) is 0 Å². The second kappa shape index (κ2) is 7.22. The Hall–Kier alpha value is -2.14. The number of nitrogens with zero attached hydrogens (tertiary/aromatic N) is 2. The highest BCUT2D eigenvalue weighted by atomic mass is 16.3. The second-order valence-electron chi connectivity index (χ2n) is 5.56. The minimum Gasteiger partial charge on any atom is -0.392 e. The Kier molecular flexibility index (Phi) is 5.33. The van der Waals surface area contributed by atoms with Crippen LogP contribution >= 0.6 is 0 Å². The molecule has 2 N–H and O–H groups in total. The van der Waals surface area contributed by atoms with Crippen LogP contribution in [0.1, 0.15) is 35.5 Å². The van der Waals surface area contributed by atoms with Gasteiger partial charge in [0.2, 0.25) is 5.91 Å². The van der Waals surface area contributed by atoms with Crippen molar-refractivity contribution in [3.63, 3.8) is 0 Å². The number of benzene rings is 1. The van der Waals surface area contributed by atoms with Crippen LogP contribution in [0.5, 0.6) is 0 Å². The Labute approximate surface area is 131 Å². The largest absolute Gasteiger partial charge is 0.392 e. The predicted octanol–water partition coefficient (Wildman–Crippen LogP) is 1.91. The van der Waals surface area contributed by atoms with Crippen molar-refractivity contribution < 1.29 is 9.90 Å². The predicted molar refractivity (Wildman–Crippen MR) is 85.5 cm³/mol. The number of hydrogen-bond donors (Lipinski definition) is 2. The molecule has 1 aromatic carbocycles. The molecule has 0 aliphatic rings. The van der Waals surface area contributed by atoms with Crippen LogP contribution in [0.15, 0.2) is 30.3 Å². The first-order chi connectivity index (χ1) is 10.5. The van der Waals surface area contributed by atoms with Crippen LogP contribution in [0, 0.1) is 13.8 Å². The van der Waals surface area contributed by atoms with Gasteiger partial charge in [0.25, 0.3) is 0 Å². The third-order valence-corrected chi connectivity index (χ3v) is 3.71. The molecular weight excluding hydrogens is 278 g/mol. The van der Waals surface area contributed by atoms with E-state index in [-0.39, 0.29) is 18.6 Å². The molecule has 0 bridgehead atoms. The van der Waals surface area contributed by atoms with Gasteiger partial charge in [-0.2, -0.15) is 5.10 Å². The lowest BCUT2D eigenvalue weighted by Crippen LogP contribution is -2.33. The monoisotopic (exact) mass is 301 g/mol. The summed E-state index contributed by atoms with van der Waals surface area (Å²) in [5, 5.41) is 16.3. The summed E-state index contributed by atoms with van der Waals surface area (Å²) in [6, 6.07) is 9.40. The summed E-state index contributed by atoms with van der Waals surface area (Å²) in [6.07, 6.45) is 0.765. The van der Waals surface area contributed by atoms with E-state index >= 15 is 0 Å². The maximum atomic E-state index is 12.2. The van der Waals surface area contributed by atoms with Gasteiger partial charge in [0, 0.05) is 12.2 Å². The lowest BCUT2D eigenvalue weighted by molar-refractivity contribution is -0.124. The molecule has 5 heteroatoms. The second-order valence-corrected chi connectivity index (χ2v) is 5.56. The van der Waals surface area contributed by atoms with E-state index < -0.39 is 0 Å². The molecule has 2 aromatic rings. The zero-order chi connectivity index (χ0) is 16.1. The van der Waals surface area contributed by atoms with E-state index in [1.807, 2.05) is 51.1 Å². The van der Waals surface area contributed by atoms with Crippen LogP contribution in [0.25, 0.3) is 0 Å². The van der Waals surface area contributed by atoms with E-state index in [1.54, 1.807) is 4.68 Å². The molecule has 5 nitrogen and oxygen atoms in total. The molecule has 0 aliphatic carbocycles. The van der Waals surface area contributed by atoms with Crippen LogP contribution in [-0.2, 0) is 17.8 Å². The topological polar surface area (TPSA) is 67.2 Å². The SMILES string of the molecule is Cc1cc(C)n(C(C)C(=O)NCCc2ccc(CO)cc2)n1. The van der Waals surface area contributed by atoms with Crippen molar-refractivity contribution in [3.05, 3.63) is 52.8 Å². The number of aromatic nitrogens is 2. The molecule has 1 unspecified atom stereocenters. The smallest absolute Gasteiger partial charge is 0.244 e. The van der Waals surface area contributed by atoms with E-state index in [9.17, 15) is 4.79 Å². The van der Waals surface area contributed by atoms with Gasteiger partial charge in [0.15, 0.2) is 0 Å². The van der Waals surface area contributed by atoms with Crippen molar-refractivity contribution in [1.29, 1.82) is 0 Å². The quantitative estimate of drug-likeness (QED) is 0.856. The maximum Gasteiger partial charge on any atom is 0.244 e. The van der Waals surface area contributed by atoms with Crippen LogP contribution < -0.4 is 5.32 Å². The average Bonchev–Trinajstić information content (AvgIpc) is 2.85. The summed E-state index contributed by atoms with van der Waals surface area (Å²) in [6.45, 7) is 6.36. The van der Waals surface area contributed by atoms with Gasteiger partial charge in [0.1, 0.15) is 6.04 Å². The highest BCUT2D eigenvalue weighted by Crippen LogP contribution is 2.11. The first-order valence-corrected chi connectivity index (χ1v) is 7.50. The van der Waals surface area contributed by atoms with Crippen molar-refractivity contribution >= 4 is 5.91 Å². The van der Waals surface area contributed by atoms with Crippen molar-refractivity contribution in [1.82, 2.24) is 15.1 Å². The Balaban J connectivity index is 1.85. The Morgan fingerprint density at radius 3 is 2.45 bits per heavy atom. The molecule has 0 spiro atoms. The first-order valence-electron chi connectivity index (χ1n) is 7.50. The zero-order valence-electron chi connectivity index (χ0n) is 13.3. The molecule has 0 aliphatic heterocycles. The highest BCUT2D eigenvalue weighted by molar-refractivity contribution is 5.79. The molecule has 0 fully saturated rings. The Morgan fingerprint density at radius 1 is 1.27 bits per heavy atom. The summed E-state index contributed by atoms with van der Waals surface area (Å²) in [4.78, 5) is 12.2. The maximum absolute atomic E-state index is 12.2. The third kappa shape index (κ3) is 3.95. The van der Waals surface area contributed by atoms with Crippen molar-refractivity contribution in [2.75, 3.05) is 6.54 Å². The number of carbonyl (C=O) groups excluding carboxylic acids is 1. The number of aliphatic hydroxyl groups excluding tert-OH is 1. The normalized spacial score (nSPS) is 12.2. The van der Waals surface area contributed by atoms with Gasteiger partial charge in [-0.05, 0) is 44.4 Å². The van der Waals surface area contributed by atoms with Gasteiger partial charge < -0.3 is 10.4 Å². The summed E-state index contributed by atoms with van der Waals surface area (Å²) >= 11 is 0. The number of hydrogen-bond acceptors (Lipinski definition) is 3. The minimum atomic E-state index is -0.314. The fourth-order valence-corrected chi connectivity index (χ4v) is 2.44. The van der Waals surface area contributed by atoms with Crippen molar-refractivity contribution in [2.24, 2.45) is 0 Å². The molecule has 118 valence electrons. The van der Waals surface area contributed by atoms with E-state index in [0.29, 0.717) is 6.54 Å². The van der Waals surface area contributed by atoms with Gasteiger partial charge in [-0.3, -0.25) is 9.48 Å². The molecule has 1 amide bonds. The van der Waals surface area contributed by atoms with Crippen LogP contribution in [-0.4, -0.2) is 27.3 Å². The number of amides is 1. The summed E-state index contributed by atoms with van der Waals surface area (Å²) in [5.74, 6) is -0.0295. The number of aryl methyl sites for hydroxylation is 2. The van der Waals surface area contributed by atoms with Crippen molar-refractivity contribution in [2.45, 2.75) is 39.8 Å². The van der Waals surface area contributed by atoms with E-state index in [0.717, 1.165) is 28.9 Å². The van der Waals surface area contributed by atoms with E-state index in [4.69, 9.17) is 5.11 Å². The average molecular weight is 301 g/mol. The third-order valence-electron chi connectivity index (χ3n) is 3.71. The fourth-order valence-electron chi connectivity index (χ4n) is 2.44. The lowest BCUT2D eigenvalue weighted by Gasteiger charge is -2.14. The summed E-state index contributed by atoms with van der Waals surface area (Å²) < 4.78 is 1.75. The zero-order valence-corrected chi connectivity index (χ0v) is 13.3. The fraction of sp³-hybridized carbons (Fsp3) is 0.412. The lowest BCUT2D eigenvalue weighted by atomic mass is 10.1. The molecule has 0 saturated heterocycles. The van der Waals surface area contributed by atoms with Crippen LogP contribution in [0.4, 0.5) is 0 Å². The Bertz CT molecular complexity index is 632. The van der Waals surface area contributed by atoms with Gasteiger partial charge in [0.05, 0.1) is 12.3 Å². The standard InChI is InChI=1S/C17H23N3O2/c1-12-10-13(2)20(19-12)14(3)17(22)18-9-8-15-4-6-16(11-21)7-5-15/h4-7,10,14,21H,8-9,11H2,1-3H3,(H,18,22). The Morgan fingerprint density at radius 2 is 1.91 bits per heavy atom. The molecular formula is C17H23N3O2. The number of aliphatic hydroxyl groups is 1. The van der Waals surface area contributed by atoms with E-state index in [1.165, 1.54) is 0 Å². The number of carbonyl (C=O) groups is 1. The minimum absolute atomic E-state index is 0.0295. The summed E-state index contributed by atoms with van der Waals surface area (Å²) in [5.41, 5.74) is 3.93. The summed E-state index contributed by atoms with van der Waals surface area (Å²) in [7, 11) is 0. The van der Waals surface area contributed by atoms with Crippen LogP contribution in [0.3, 0.4) is 0 Å². The van der Waals surface area contributed by atoms with Crippen molar-refractivity contribution in [3.8, 4) is 0 Å². The molecule has 0 radical (unpaired) electrons. The van der Waals surface area contributed by atoms with E-state index in [2.05, 4.69) is 10.4 Å².